The van der Waals surface area contributed by atoms with E-state index in [1.807, 2.05) is 32.0 Å². The van der Waals surface area contributed by atoms with E-state index in [1.165, 1.54) is 0 Å². The summed E-state index contributed by atoms with van der Waals surface area (Å²) in [6.45, 7) is 9.31. The molecule has 0 fully saturated rings. The Balaban J connectivity index is 2.35. The molecule has 0 spiro atoms. The predicted octanol–water partition coefficient (Wildman–Crippen LogP) is 3.67. The molecule has 0 bridgehead atoms. The minimum atomic E-state index is -0.0739. The van der Waals surface area contributed by atoms with Crippen LogP contribution < -0.4 is 5.32 Å². The third kappa shape index (κ3) is 3.63. The molecule has 21 heavy (non-hydrogen) atoms. The Kier molecular flexibility index (Phi) is 4.99. The Morgan fingerprint density at radius 3 is 2.67 bits per heavy atom. The number of nitrogens with one attached hydrogen (secondary N) is 1. The SMILES string of the molecule is CCCC(=O)N[C@@H](C)c1nc2ccccc2n1CC(C)C. The van der Waals surface area contributed by atoms with Crippen LogP contribution in [0, 0.1) is 5.92 Å². The molecule has 4 nitrogen and oxygen atoms in total. The van der Waals surface area contributed by atoms with E-state index < -0.39 is 0 Å². The van der Waals surface area contributed by atoms with Gasteiger partial charge < -0.3 is 9.88 Å². The van der Waals surface area contributed by atoms with Gasteiger partial charge in [0.2, 0.25) is 5.91 Å². The van der Waals surface area contributed by atoms with Crippen molar-refractivity contribution >= 4 is 16.9 Å². The van der Waals surface area contributed by atoms with E-state index in [4.69, 9.17) is 4.98 Å². The first-order valence-electron chi connectivity index (χ1n) is 7.77. The first-order valence-corrected chi connectivity index (χ1v) is 7.77. The van der Waals surface area contributed by atoms with Crippen LogP contribution in [0.3, 0.4) is 0 Å². The molecule has 0 aliphatic rings. The van der Waals surface area contributed by atoms with Gasteiger partial charge in [0.1, 0.15) is 5.82 Å². The number of hydrogen-bond acceptors (Lipinski definition) is 2. The van der Waals surface area contributed by atoms with Crippen LogP contribution in [0.1, 0.15) is 52.4 Å². The van der Waals surface area contributed by atoms with Crippen LogP contribution in [0.15, 0.2) is 24.3 Å². The van der Waals surface area contributed by atoms with E-state index in [1.54, 1.807) is 0 Å². The average molecular weight is 287 g/mol. The number of fused-ring (bicyclic) bond motifs is 1. The molecule has 0 saturated heterocycles. The molecule has 1 aromatic heterocycles. The van der Waals surface area contributed by atoms with Gasteiger partial charge in [0.25, 0.3) is 0 Å². The summed E-state index contributed by atoms with van der Waals surface area (Å²) in [4.78, 5) is 16.6. The fraction of sp³-hybridized carbons (Fsp3) is 0.529. The molecule has 1 aromatic carbocycles. The standard InChI is InChI=1S/C17H25N3O/c1-5-8-16(21)18-13(4)17-19-14-9-6-7-10-15(14)20(17)11-12(2)3/h6-7,9-10,12-13H,5,8,11H2,1-4H3,(H,18,21)/t13-/m0/s1. The van der Waals surface area contributed by atoms with Crippen molar-refractivity contribution in [1.29, 1.82) is 0 Å². The monoisotopic (exact) mass is 287 g/mol. The highest BCUT2D eigenvalue weighted by Crippen LogP contribution is 2.22. The van der Waals surface area contributed by atoms with Crippen LogP contribution in [0.4, 0.5) is 0 Å². The summed E-state index contributed by atoms with van der Waals surface area (Å²) in [7, 11) is 0. The van der Waals surface area contributed by atoms with Gasteiger partial charge in [0, 0.05) is 13.0 Å². The van der Waals surface area contributed by atoms with Crippen molar-refractivity contribution in [2.75, 3.05) is 0 Å². The van der Waals surface area contributed by atoms with Crippen LogP contribution in [-0.2, 0) is 11.3 Å². The molecule has 0 saturated carbocycles. The highest BCUT2D eigenvalue weighted by molar-refractivity contribution is 5.78. The first kappa shape index (κ1) is 15.5. The van der Waals surface area contributed by atoms with Crippen molar-refractivity contribution in [1.82, 2.24) is 14.9 Å². The summed E-state index contributed by atoms with van der Waals surface area (Å²) in [6, 6.07) is 8.07. The fourth-order valence-corrected chi connectivity index (χ4v) is 2.59. The number of para-hydroxylation sites is 2. The molecule has 2 aromatic rings. The smallest absolute Gasteiger partial charge is 0.220 e. The minimum Gasteiger partial charge on any atom is -0.346 e. The predicted molar refractivity (Wildman–Crippen MR) is 86.0 cm³/mol. The second-order valence-electron chi connectivity index (χ2n) is 6.00. The highest BCUT2D eigenvalue weighted by atomic mass is 16.1. The number of imidazole rings is 1. The zero-order valence-electron chi connectivity index (χ0n) is 13.4. The number of carbonyl (C=O) groups is 1. The summed E-state index contributed by atoms with van der Waals surface area (Å²) >= 11 is 0. The molecule has 0 aliphatic carbocycles. The molecule has 1 N–H and O–H groups in total. The maximum Gasteiger partial charge on any atom is 0.220 e. The summed E-state index contributed by atoms with van der Waals surface area (Å²) < 4.78 is 2.23. The lowest BCUT2D eigenvalue weighted by Crippen LogP contribution is -2.28. The van der Waals surface area contributed by atoms with Gasteiger partial charge in [-0.15, -0.1) is 0 Å². The largest absolute Gasteiger partial charge is 0.346 e. The van der Waals surface area contributed by atoms with Crippen LogP contribution >= 0.6 is 0 Å². The minimum absolute atomic E-state index is 0.0739. The molecule has 4 heteroatoms. The van der Waals surface area contributed by atoms with Crippen LogP contribution in [0.25, 0.3) is 11.0 Å². The maximum atomic E-state index is 11.8. The number of hydrogen-bond donors (Lipinski definition) is 1. The highest BCUT2D eigenvalue weighted by Gasteiger charge is 2.18. The molecule has 1 heterocycles. The van der Waals surface area contributed by atoms with E-state index in [9.17, 15) is 4.79 Å². The lowest BCUT2D eigenvalue weighted by molar-refractivity contribution is -0.121. The third-order valence-corrected chi connectivity index (χ3v) is 3.47. The van der Waals surface area contributed by atoms with Crippen molar-refractivity contribution in [2.24, 2.45) is 5.92 Å². The summed E-state index contributed by atoms with van der Waals surface area (Å²) in [5.41, 5.74) is 2.13. The first-order chi connectivity index (χ1) is 10.0. The van der Waals surface area contributed by atoms with Gasteiger partial charge in [-0.25, -0.2) is 4.98 Å². The van der Waals surface area contributed by atoms with Gasteiger partial charge in [-0.1, -0.05) is 32.9 Å². The van der Waals surface area contributed by atoms with Gasteiger partial charge >= 0.3 is 0 Å². The van der Waals surface area contributed by atoms with Crippen LogP contribution in [-0.4, -0.2) is 15.5 Å². The van der Waals surface area contributed by atoms with E-state index in [-0.39, 0.29) is 11.9 Å². The average Bonchev–Trinajstić information content (AvgIpc) is 2.77. The van der Waals surface area contributed by atoms with Crippen LogP contribution in [0.2, 0.25) is 0 Å². The molecule has 1 amide bonds. The van der Waals surface area contributed by atoms with E-state index in [0.717, 1.165) is 29.8 Å². The van der Waals surface area contributed by atoms with Crippen molar-refractivity contribution in [3.05, 3.63) is 30.1 Å². The molecule has 1 atom stereocenters. The van der Waals surface area contributed by atoms with Crippen molar-refractivity contribution in [3.63, 3.8) is 0 Å². The molecule has 2 rings (SSSR count). The van der Waals surface area contributed by atoms with Gasteiger partial charge in [0.15, 0.2) is 0 Å². The number of nitrogens with zero attached hydrogens (tertiary/aromatic N) is 2. The summed E-state index contributed by atoms with van der Waals surface area (Å²) in [5.74, 6) is 1.56. The van der Waals surface area contributed by atoms with E-state index in [0.29, 0.717) is 12.3 Å². The number of carbonyl (C=O) groups excluding carboxylic acids is 1. The maximum absolute atomic E-state index is 11.8. The van der Waals surface area contributed by atoms with Crippen molar-refractivity contribution < 1.29 is 4.79 Å². The Morgan fingerprint density at radius 2 is 2.00 bits per heavy atom. The lowest BCUT2D eigenvalue weighted by Gasteiger charge is -2.17. The molecular weight excluding hydrogens is 262 g/mol. The fourth-order valence-electron chi connectivity index (χ4n) is 2.59. The quantitative estimate of drug-likeness (QED) is 0.881. The molecule has 0 radical (unpaired) electrons. The number of amides is 1. The zero-order valence-corrected chi connectivity index (χ0v) is 13.4. The summed E-state index contributed by atoms with van der Waals surface area (Å²) in [5, 5.41) is 3.05. The molecular formula is C17H25N3O. The van der Waals surface area contributed by atoms with Crippen LogP contribution in [0.5, 0.6) is 0 Å². The van der Waals surface area contributed by atoms with E-state index >= 15 is 0 Å². The molecule has 0 unspecified atom stereocenters. The number of rotatable bonds is 6. The van der Waals surface area contributed by atoms with E-state index in [2.05, 4.69) is 29.8 Å². The second-order valence-corrected chi connectivity index (χ2v) is 6.00. The van der Waals surface area contributed by atoms with Crippen molar-refractivity contribution in [2.45, 2.75) is 53.1 Å². The van der Waals surface area contributed by atoms with Gasteiger partial charge in [0.05, 0.1) is 17.1 Å². The zero-order chi connectivity index (χ0) is 15.4. The van der Waals surface area contributed by atoms with Gasteiger partial charge in [-0.05, 0) is 31.4 Å². The Bertz CT molecular complexity index is 616. The lowest BCUT2D eigenvalue weighted by atomic mass is 10.2. The second kappa shape index (κ2) is 6.74. The normalized spacial score (nSPS) is 12.8. The Morgan fingerprint density at radius 1 is 1.29 bits per heavy atom. The Labute approximate surface area is 126 Å². The van der Waals surface area contributed by atoms with Gasteiger partial charge in [-0.2, -0.15) is 0 Å². The Hall–Kier alpha value is -1.84. The molecule has 114 valence electrons. The summed E-state index contributed by atoms with van der Waals surface area (Å²) in [6.07, 6.45) is 1.43. The number of aromatic nitrogens is 2. The van der Waals surface area contributed by atoms with Crippen molar-refractivity contribution in [3.8, 4) is 0 Å². The number of benzene rings is 1. The molecule has 0 aliphatic heterocycles. The topological polar surface area (TPSA) is 46.9 Å². The third-order valence-electron chi connectivity index (χ3n) is 3.47. The van der Waals surface area contributed by atoms with Gasteiger partial charge in [-0.3, -0.25) is 4.79 Å².